The number of aryl methyl sites for hydroxylation is 1. The monoisotopic (exact) mass is 366 g/mol. The molecule has 1 aromatic heterocycles. The van der Waals surface area contributed by atoms with E-state index in [9.17, 15) is 9.59 Å². The molecule has 1 amide bonds. The molecule has 1 heterocycles. The molecule has 25 heavy (non-hydrogen) atoms. The first-order chi connectivity index (χ1) is 11.6. The predicted octanol–water partition coefficient (Wildman–Crippen LogP) is 2.33. The zero-order chi connectivity index (χ0) is 17.5. The van der Waals surface area contributed by atoms with Gasteiger partial charge in [0, 0.05) is 18.5 Å². The van der Waals surface area contributed by atoms with Gasteiger partial charge in [0.1, 0.15) is 0 Å². The maximum absolute atomic E-state index is 12.6. The quantitative estimate of drug-likeness (QED) is 0.701. The molecule has 0 aliphatic heterocycles. The topological polar surface area (TPSA) is 90.0 Å². The van der Waals surface area contributed by atoms with Crippen molar-refractivity contribution < 1.29 is 4.79 Å². The van der Waals surface area contributed by atoms with Crippen LogP contribution in [0.1, 0.15) is 43.6 Å². The number of benzene rings is 1. The van der Waals surface area contributed by atoms with Crippen molar-refractivity contribution in [1.82, 2.24) is 15.1 Å². The molecular weight excluding hydrogens is 340 g/mol. The first-order valence-corrected chi connectivity index (χ1v) is 8.56. The van der Waals surface area contributed by atoms with Crippen molar-refractivity contribution in [2.75, 3.05) is 13.1 Å². The molecule has 0 aliphatic rings. The number of amides is 1. The number of unbranched alkanes of at least 4 members (excludes halogenated alkanes) is 2. The molecule has 2 aromatic rings. The number of nitrogens with two attached hydrogens (primary N) is 1. The Kier molecular flexibility index (Phi) is 8.58. The standard InChI is InChI=1S/C18H26N4O2.ClH/c1-3-4-7-10-22-18(24)15-9-6-5-8-14(15)16(21-22)17(23)20-12-13(2)11-19;/h5-6,8-9,13H,3-4,7,10-12,19H2,1-2H3,(H,20,23);1H. The predicted molar refractivity (Wildman–Crippen MR) is 103 cm³/mol. The van der Waals surface area contributed by atoms with Gasteiger partial charge in [-0.2, -0.15) is 5.10 Å². The molecule has 1 atom stereocenters. The Morgan fingerprint density at radius 2 is 1.96 bits per heavy atom. The van der Waals surface area contributed by atoms with Gasteiger partial charge in [0.25, 0.3) is 11.5 Å². The van der Waals surface area contributed by atoms with Crippen LogP contribution in [0.4, 0.5) is 0 Å². The van der Waals surface area contributed by atoms with Crippen LogP contribution in [0.15, 0.2) is 29.1 Å². The Bertz CT molecular complexity index is 760. The van der Waals surface area contributed by atoms with E-state index in [1.807, 2.05) is 13.0 Å². The van der Waals surface area contributed by atoms with Gasteiger partial charge in [0.05, 0.1) is 5.39 Å². The molecule has 0 fully saturated rings. The zero-order valence-electron chi connectivity index (χ0n) is 14.8. The molecule has 0 radical (unpaired) electrons. The molecule has 6 nitrogen and oxygen atoms in total. The Morgan fingerprint density at radius 1 is 1.28 bits per heavy atom. The fourth-order valence-corrected chi connectivity index (χ4v) is 2.50. The first-order valence-electron chi connectivity index (χ1n) is 8.56. The molecule has 1 aromatic carbocycles. The van der Waals surface area contributed by atoms with Crippen molar-refractivity contribution in [3.8, 4) is 0 Å². The molecular formula is C18H27ClN4O2. The van der Waals surface area contributed by atoms with Gasteiger partial charge < -0.3 is 11.1 Å². The zero-order valence-corrected chi connectivity index (χ0v) is 15.6. The molecule has 0 saturated heterocycles. The second kappa shape index (κ2) is 10.2. The third-order valence-electron chi connectivity index (χ3n) is 4.07. The summed E-state index contributed by atoms with van der Waals surface area (Å²) in [4.78, 5) is 25.1. The summed E-state index contributed by atoms with van der Waals surface area (Å²) in [7, 11) is 0. The van der Waals surface area contributed by atoms with Gasteiger partial charge >= 0.3 is 0 Å². The summed E-state index contributed by atoms with van der Waals surface area (Å²) in [6.07, 6.45) is 2.95. The Labute approximate surface area is 154 Å². The third kappa shape index (κ3) is 5.28. The minimum Gasteiger partial charge on any atom is -0.350 e. The van der Waals surface area contributed by atoms with Crippen LogP contribution in [0.2, 0.25) is 0 Å². The van der Waals surface area contributed by atoms with Crippen molar-refractivity contribution in [3.05, 3.63) is 40.3 Å². The Morgan fingerprint density at radius 3 is 2.60 bits per heavy atom. The minimum atomic E-state index is -0.268. The molecule has 0 bridgehead atoms. The molecule has 138 valence electrons. The van der Waals surface area contributed by atoms with Crippen LogP contribution < -0.4 is 16.6 Å². The highest BCUT2D eigenvalue weighted by Gasteiger charge is 2.16. The van der Waals surface area contributed by atoms with E-state index in [1.54, 1.807) is 18.2 Å². The highest BCUT2D eigenvalue weighted by molar-refractivity contribution is 6.04. The Balaban J connectivity index is 0.00000312. The summed E-state index contributed by atoms with van der Waals surface area (Å²) in [5.41, 5.74) is 5.74. The normalized spacial score (nSPS) is 11.8. The van der Waals surface area contributed by atoms with Crippen LogP contribution in [0.25, 0.3) is 10.8 Å². The van der Waals surface area contributed by atoms with E-state index in [1.165, 1.54) is 4.68 Å². The Hall–Kier alpha value is -1.92. The molecule has 3 N–H and O–H groups in total. The summed E-state index contributed by atoms with van der Waals surface area (Å²) in [5, 5.41) is 8.31. The van der Waals surface area contributed by atoms with Crippen molar-refractivity contribution >= 4 is 29.1 Å². The van der Waals surface area contributed by atoms with Crippen molar-refractivity contribution in [1.29, 1.82) is 0 Å². The van der Waals surface area contributed by atoms with Gasteiger partial charge in [-0.05, 0) is 24.9 Å². The number of halogens is 1. The number of nitrogens with one attached hydrogen (secondary N) is 1. The number of nitrogens with zero attached hydrogens (tertiary/aromatic N) is 2. The van der Waals surface area contributed by atoms with E-state index in [2.05, 4.69) is 17.3 Å². The second-order valence-electron chi connectivity index (χ2n) is 6.18. The van der Waals surface area contributed by atoms with Crippen molar-refractivity contribution in [3.63, 3.8) is 0 Å². The lowest BCUT2D eigenvalue weighted by Gasteiger charge is -2.13. The molecule has 0 spiro atoms. The van der Waals surface area contributed by atoms with E-state index >= 15 is 0 Å². The SMILES string of the molecule is CCCCCn1nc(C(=O)NCC(C)CN)c2ccccc2c1=O.Cl. The summed E-state index contributed by atoms with van der Waals surface area (Å²) in [6.45, 7) is 5.59. The lowest BCUT2D eigenvalue weighted by atomic mass is 10.1. The number of carbonyl (C=O) groups is 1. The fourth-order valence-electron chi connectivity index (χ4n) is 2.50. The number of hydrogen-bond acceptors (Lipinski definition) is 4. The molecule has 7 heteroatoms. The van der Waals surface area contributed by atoms with Crippen LogP contribution in [0.3, 0.4) is 0 Å². The minimum absolute atomic E-state index is 0. The first kappa shape index (κ1) is 21.1. The number of hydrogen-bond donors (Lipinski definition) is 2. The van der Waals surface area contributed by atoms with Gasteiger partial charge in [0.15, 0.2) is 5.69 Å². The smallest absolute Gasteiger partial charge is 0.274 e. The summed E-state index contributed by atoms with van der Waals surface area (Å²) in [5.74, 6) is -0.0774. The number of fused-ring (bicyclic) bond motifs is 1. The lowest BCUT2D eigenvalue weighted by Crippen LogP contribution is -2.34. The van der Waals surface area contributed by atoms with Crippen LogP contribution in [-0.4, -0.2) is 28.8 Å². The molecule has 1 unspecified atom stereocenters. The summed E-state index contributed by atoms with van der Waals surface area (Å²) in [6, 6.07) is 7.12. The van der Waals surface area contributed by atoms with Gasteiger partial charge in [-0.25, -0.2) is 4.68 Å². The third-order valence-corrected chi connectivity index (χ3v) is 4.07. The van der Waals surface area contributed by atoms with E-state index in [0.29, 0.717) is 36.1 Å². The molecule has 0 aliphatic carbocycles. The van der Waals surface area contributed by atoms with Crippen LogP contribution in [0.5, 0.6) is 0 Å². The highest BCUT2D eigenvalue weighted by atomic mass is 35.5. The molecule has 0 saturated carbocycles. The van der Waals surface area contributed by atoms with Gasteiger partial charge in [-0.3, -0.25) is 9.59 Å². The summed E-state index contributed by atoms with van der Waals surface area (Å²) < 4.78 is 1.42. The molecule has 2 rings (SSSR count). The van der Waals surface area contributed by atoms with Crippen molar-refractivity contribution in [2.45, 2.75) is 39.7 Å². The number of rotatable bonds is 8. The average Bonchev–Trinajstić information content (AvgIpc) is 2.61. The van der Waals surface area contributed by atoms with Gasteiger partial charge in [-0.15, -0.1) is 12.4 Å². The maximum atomic E-state index is 12.6. The van der Waals surface area contributed by atoms with Crippen LogP contribution >= 0.6 is 12.4 Å². The van der Waals surface area contributed by atoms with Gasteiger partial charge in [-0.1, -0.05) is 44.9 Å². The highest BCUT2D eigenvalue weighted by Crippen LogP contribution is 2.13. The van der Waals surface area contributed by atoms with E-state index < -0.39 is 0 Å². The van der Waals surface area contributed by atoms with E-state index in [4.69, 9.17) is 5.73 Å². The lowest BCUT2D eigenvalue weighted by molar-refractivity contribution is 0.0943. The van der Waals surface area contributed by atoms with E-state index in [0.717, 1.165) is 19.3 Å². The number of aromatic nitrogens is 2. The van der Waals surface area contributed by atoms with E-state index in [-0.39, 0.29) is 29.8 Å². The fraction of sp³-hybridized carbons (Fsp3) is 0.500. The number of carbonyl (C=O) groups excluding carboxylic acids is 1. The second-order valence-corrected chi connectivity index (χ2v) is 6.18. The van der Waals surface area contributed by atoms with Crippen LogP contribution in [-0.2, 0) is 6.54 Å². The average molecular weight is 367 g/mol. The van der Waals surface area contributed by atoms with Crippen LogP contribution in [0, 0.1) is 5.92 Å². The van der Waals surface area contributed by atoms with Gasteiger partial charge in [0.2, 0.25) is 0 Å². The summed E-state index contributed by atoms with van der Waals surface area (Å²) >= 11 is 0. The largest absolute Gasteiger partial charge is 0.350 e. The maximum Gasteiger partial charge on any atom is 0.274 e. The van der Waals surface area contributed by atoms with Crippen molar-refractivity contribution in [2.24, 2.45) is 11.7 Å².